The highest BCUT2D eigenvalue weighted by atomic mass is 16.4. The molecule has 1 atom stereocenters. The minimum atomic E-state index is -1.08. The molecular weight excluding hydrogens is 268 g/mol. The van der Waals surface area contributed by atoms with Crippen LogP contribution >= 0.6 is 0 Å². The Kier molecular flexibility index (Phi) is 4.59. The monoisotopic (exact) mass is 286 g/mol. The van der Waals surface area contributed by atoms with Crippen LogP contribution in [-0.2, 0) is 16.0 Å². The third kappa shape index (κ3) is 3.40. The molecule has 110 valence electrons. The van der Waals surface area contributed by atoms with Gasteiger partial charge in [0.2, 0.25) is 5.91 Å². The number of carbonyl (C=O) groups excluding carboxylic acids is 1. The van der Waals surface area contributed by atoms with Crippen molar-refractivity contribution in [3.63, 3.8) is 0 Å². The van der Waals surface area contributed by atoms with Gasteiger partial charge >= 0.3 is 5.97 Å². The number of nitrogens with one attached hydrogen (secondary N) is 1. The lowest BCUT2D eigenvalue weighted by Crippen LogP contribution is -2.48. The highest BCUT2D eigenvalue weighted by molar-refractivity contribution is 5.89. The summed E-state index contributed by atoms with van der Waals surface area (Å²) < 4.78 is 0. The van der Waals surface area contributed by atoms with Crippen LogP contribution in [0.1, 0.15) is 31.2 Å². The van der Waals surface area contributed by atoms with E-state index in [1.807, 2.05) is 30.3 Å². The molecule has 0 heterocycles. The minimum Gasteiger partial charge on any atom is -0.480 e. The van der Waals surface area contributed by atoms with E-state index < -0.39 is 23.3 Å². The number of nitriles is 1. The Labute approximate surface area is 123 Å². The van der Waals surface area contributed by atoms with Crippen LogP contribution in [0.2, 0.25) is 0 Å². The number of amides is 1. The van der Waals surface area contributed by atoms with Crippen LogP contribution in [0.15, 0.2) is 30.3 Å². The summed E-state index contributed by atoms with van der Waals surface area (Å²) in [5, 5.41) is 21.1. The summed E-state index contributed by atoms with van der Waals surface area (Å²) >= 11 is 0. The van der Waals surface area contributed by atoms with Gasteiger partial charge in [0.05, 0.1) is 6.07 Å². The quantitative estimate of drug-likeness (QED) is 0.864. The van der Waals surface area contributed by atoms with Crippen LogP contribution in [0.3, 0.4) is 0 Å². The Morgan fingerprint density at radius 2 is 1.90 bits per heavy atom. The second-order valence-corrected chi connectivity index (χ2v) is 5.46. The van der Waals surface area contributed by atoms with Crippen molar-refractivity contribution in [1.82, 2.24) is 5.32 Å². The summed E-state index contributed by atoms with van der Waals surface area (Å²) in [7, 11) is 0. The summed E-state index contributed by atoms with van der Waals surface area (Å²) in [6.45, 7) is 0. The summed E-state index contributed by atoms with van der Waals surface area (Å²) in [5.41, 5.74) is -0.215. The lowest BCUT2D eigenvalue weighted by atomic mass is 9.86. The lowest BCUT2D eigenvalue weighted by molar-refractivity contribution is -0.143. The third-order valence-electron chi connectivity index (χ3n) is 3.99. The van der Waals surface area contributed by atoms with Crippen molar-refractivity contribution in [2.75, 3.05) is 0 Å². The maximum absolute atomic E-state index is 12.3. The van der Waals surface area contributed by atoms with Crippen molar-refractivity contribution in [2.45, 2.75) is 38.1 Å². The van der Waals surface area contributed by atoms with Crippen molar-refractivity contribution in [3.05, 3.63) is 35.9 Å². The zero-order chi connectivity index (χ0) is 15.3. The predicted molar refractivity (Wildman–Crippen MR) is 76.2 cm³/mol. The molecule has 1 amide bonds. The molecule has 5 nitrogen and oxygen atoms in total. The molecule has 0 spiro atoms. The molecule has 0 aliphatic heterocycles. The number of benzene rings is 1. The number of nitrogens with zero attached hydrogens (tertiary/aromatic N) is 1. The SMILES string of the molecule is N#CC1(C(=O)NC(Cc2ccccc2)C(=O)O)CCCC1. The zero-order valence-electron chi connectivity index (χ0n) is 11.7. The minimum absolute atomic E-state index is 0.212. The lowest BCUT2D eigenvalue weighted by Gasteiger charge is -2.22. The number of carboxylic acid groups (broad SMARTS) is 1. The molecule has 0 saturated heterocycles. The van der Waals surface area contributed by atoms with Gasteiger partial charge in [-0.3, -0.25) is 4.79 Å². The number of rotatable bonds is 5. The largest absolute Gasteiger partial charge is 0.480 e. The number of hydrogen-bond donors (Lipinski definition) is 2. The maximum Gasteiger partial charge on any atom is 0.326 e. The fourth-order valence-corrected chi connectivity index (χ4v) is 2.71. The first-order valence-electron chi connectivity index (χ1n) is 7.06. The third-order valence-corrected chi connectivity index (χ3v) is 3.99. The van der Waals surface area contributed by atoms with E-state index in [0.29, 0.717) is 12.8 Å². The molecule has 1 aliphatic carbocycles. The van der Waals surface area contributed by atoms with Gasteiger partial charge < -0.3 is 10.4 Å². The summed E-state index contributed by atoms with van der Waals surface area (Å²) in [6.07, 6.45) is 2.89. The maximum atomic E-state index is 12.3. The van der Waals surface area contributed by atoms with Gasteiger partial charge in [-0.1, -0.05) is 43.2 Å². The summed E-state index contributed by atoms with van der Waals surface area (Å²) in [4.78, 5) is 23.7. The van der Waals surface area contributed by atoms with E-state index in [2.05, 4.69) is 11.4 Å². The normalized spacial score (nSPS) is 17.7. The fraction of sp³-hybridized carbons (Fsp3) is 0.438. The average molecular weight is 286 g/mol. The van der Waals surface area contributed by atoms with Gasteiger partial charge in [-0.25, -0.2) is 4.79 Å². The number of carboxylic acids is 1. The van der Waals surface area contributed by atoms with Crippen LogP contribution in [0.5, 0.6) is 0 Å². The molecule has 1 fully saturated rings. The Morgan fingerprint density at radius 3 is 2.43 bits per heavy atom. The summed E-state index contributed by atoms with van der Waals surface area (Å²) in [6, 6.07) is 10.2. The van der Waals surface area contributed by atoms with Gasteiger partial charge in [0, 0.05) is 6.42 Å². The van der Waals surface area contributed by atoms with E-state index in [1.165, 1.54) is 0 Å². The standard InChI is InChI=1S/C16H18N2O3/c17-11-16(8-4-5-9-16)15(21)18-13(14(19)20)10-12-6-2-1-3-7-12/h1-3,6-7,13H,4-5,8-10H2,(H,18,21)(H,19,20). The molecule has 21 heavy (non-hydrogen) atoms. The molecule has 0 aromatic heterocycles. The first-order valence-corrected chi connectivity index (χ1v) is 7.06. The van der Waals surface area contributed by atoms with Crippen LogP contribution in [0.25, 0.3) is 0 Å². The second kappa shape index (κ2) is 6.40. The second-order valence-electron chi connectivity index (χ2n) is 5.46. The van der Waals surface area contributed by atoms with E-state index in [9.17, 15) is 20.0 Å². The molecule has 1 aromatic rings. The Morgan fingerprint density at radius 1 is 1.29 bits per heavy atom. The van der Waals surface area contributed by atoms with E-state index in [1.54, 1.807) is 0 Å². The van der Waals surface area contributed by atoms with Crippen LogP contribution in [0.4, 0.5) is 0 Å². The van der Waals surface area contributed by atoms with Crippen molar-refractivity contribution in [3.8, 4) is 6.07 Å². The van der Waals surface area contributed by atoms with Gasteiger partial charge in [-0.05, 0) is 18.4 Å². The predicted octanol–water partition coefficient (Wildman–Crippen LogP) is 1.88. The van der Waals surface area contributed by atoms with Crippen LogP contribution < -0.4 is 5.32 Å². The van der Waals surface area contributed by atoms with Crippen molar-refractivity contribution in [1.29, 1.82) is 5.26 Å². The van der Waals surface area contributed by atoms with Crippen molar-refractivity contribution in [2.24, 2.45) is 5.41 Å². The molecule has 2 rings (SSSR count). The van der Waals surface area contributed by atoms with E-state index in [4.69, 9.17) is 0 Å². The first kappa shape index (κ1) is 15.0. The van der Waals surface area contributed by atoms with Gasteiger partial charge in [0.1, 0.15) is 11.5 Å². The number of carbonyl (C=O) groups is 2. The molecule has 0 bridgehead atoms. The molecule has 1 aliphatic rings. The summed E-state index contributed by atoms with van der Waals surface area (Å²) in [5.74, 6) is -1.54. The molecule has 1 aromatic carbocycles. The van der Waals surface area contributed by atoms with E-state index in [-0.39, 0.29) is 6.42 Å². The smallest absolute Gasteiger partial charge is 0.326 e. The number of hydrogen-bond acceptors (Lipinski definition) is 3. The Hall–Kier alpha value is -2.35. The molecular formula is C16H18N2O3. The molecule has 0 radical (unpaired) electrons. The highest BCUT2D eigenvalue weighted by Crippen LogP contribution is 2.37. The van der Waals surface area contributed by atoms with Gasteiger partial charge in [0.25, 0.3) is 0 Å². The molecule has 1 unspecified atom stereocenters. The fourth-order valence-electron chi connectivity index (χ4n) is 2.71. The van der Waals surface area contributed by atoms with Crippen molar-refractivity contribution < 1.29 is 14.7 Å². The van der Waals surface area contributed by atoms with Gasteiger partial charge in [-0.15, -0.1) is 0 Å². The van der Waals surface area contributed by atoms with Gasteiger partial charge in [0.15, 0.2) is 0 Å². The van der Waals surface area contributed by atoms with E-state index in [0.717, 1.165) is 18.4 Å². The van der Waals surface area contributed by atoms with Gasteiger partial charge in [-0.2, -0.15) is 5.26 Å². The van der Waals surface area contributed by atoms with Crippen molar-refractivity contribution >= 4 is 11.9 Å². The Balaban J connectivity index is 2.08. The molecule has 5 heteroatoms. The average Bonchev–Trinajstić information content (AvgIpc) is 2.97. The first-order chi connectivity index (χ1) is 10.1. The zero-order valence-corrected chi connectivity index (χ0v) is 11.7. The topological polar surface area (TPSA) is 90.2 Å². The van der Waals surface area contributed by atoms with E-state index >= 15 is 0 Å². The highest BCUT2D eigenvalue weighted by Gasteiger charge is 2.42. The van der Waals surface area contributed by atoms with Crippen LogP contribution in [0, 0.1) is 16.7 Å². The molecule has 2 N–H and O–H groups in total. The molecule has 1 saturated carbocycles. The van der Waals surface area contributed by atoms with Crippen LogP contribution in [-0.4, -0.2) is 23.0 Å². The number of aliphatic carboxylic acids is 1. The Bertz CT molecular complexity index is 557.